The molecule has 2 aromatic rings. The molecule has 2 aromatic heterocycles. The van der Waals surface area contributed by atoms with Gasteiger partial charge in [-0.2, -0.15) is 0 Å². The van der Waals surface area contributed by atoms with Gasteiger partial charge in [-0.1, -0.05) is 0 Å². The molecular formula is C11H13N5O3. The summed E-state index contributed by atoms with van der Waals surface area (Å²) in [7, 11) is 1.36. The Kier molecular flexibility index (Phi) is 3.60. The van der Waals surface area contributed by atoms with Crippen LogP contribution >= 0.6 is 0 Å². The SMILES string of the molecule is Cn1c(=O)ccn(CC(=O)NCc2cnc[nH]2)c1=O. The summed E-state index contributed by atoms with van der Waals surface area (Å²) in [5.41, 5.74) is -0.163. The second-order valence-electron chi connectivity index (χ2n) is 3.98. The number of carbonyl (C=O) groups excluding carboxylic acids is 1. The van der Waals surface area contributed by atoms with Crippen LogP contribution < -0.4 is 16.6 Å². The fourth-order valence-corrected chi connectivity index (χ4v) is 1.52. The van der Waals surface area contributed by atoms with Gasteiger partial charge in [-0.3, -0.25) is 18.7 Å². The molecule has 0 atom stereocenters. The van der Waals surface area contributed by atoms with Crippen LogP contribution in [0.1, 0.15) is 5.69 Å². The lowest BCUT2D eigenvalue weighted by molar-refractivity contribution is -0.121. The highest BCUT2D eigenvalue weighted by Crippen LogP contribution is 1.89. The molecule has 0 spiro atoms. The van der Waals surface area contributed by atoms with Crippen molar-refractivity contribution in [3.63, 3.8) is 0 Å². The van der Waals surface area contributed by atoms with Crippen molar-refractivity contribution in [2.75, 3.05) is 0 Å². The smallest absolute Gasteiger partial charge is 0.331 e. The molecule has 0 aliphatic heterocycles. The second kappa shape index (κ2) is 5.34. The van der Waals surface area contributed by atoms with Crippen LogP contribution in [0.15, 0.2) is 34.4 Å². The van der Waals surface area contributed by atoms with E-state index in [0.717, 1.165) is 10.3 Å². The van der Waals surface area contributed by atoms with E-state index in [9.17, 15) is 14.4 Å². The number of rotatable bonds is 4. The van der Waals surface area contributed by atoms with Crippen molar-refractivity contribution in [3.8, 4) is 0 Å². The Hall–Kier alpha value is -2.64. The number of carbonyl (C=O) groups is 1. The Morgan fingerprint density at radius 3 is 2.95 bits per heavy atom. The fraction of sp³-hybridized carbons (Fsp3) is 0.273. The molecule has 0 aromatic carbocycles. The van der Waals surface area contributed by atoms with E-state index in [1.165, 1.54) is 30.2 Å². The molecule has 0 aliphatic rings. The Morgan fingerprint density at radius 1 is 1.47 bits per heavy atom. The van der Waals surface area contributed by atoms with Crippen molar-refractivity contribution in [3.05, 3.63) is 51.3 Å². The lowest BCUT2D eigenvalue weighted by Crippen LogP contribution is -2.40. The summed E-state index contributed by atoms with van der Waals surface area (Å²) < 4.78 is 2.12. The molecule has 1 amide bonds. The van der Waals surface area contributed by atoms with Crippen molar-refractivity contribution < 1.29 is 4.79 Å². The zero-order valence-electron chi connectivity index (χ0n) is 10.3. The van der Waals surface area contributed by atoms with Gasteiger partial charge in [0.25, 0.3) is 5.56 Å². The molecule has 0 fully saturated rings. The topological polar surface area (TPSA) is 102 Å². The van der Waals surface area contributed by atoms with Crippen LogP contribution in [0.2, 0.25) is 0 Å². The van der Waals surface area contributed by atoms with Crippen LogP contribution in [0.3, 0.4) is 0 Å². The van der Waals surface area contributed by atoms with E-state index in [1.807, 2.05) is 0 Å². The van der Waals surface area contributed by atoms with Gasteiger partial charge in [-0.15, -0.1) is 0 Å². The van der Waals surface area contributed by atoms with Crippen LogP contribution in [0.4, 0.5) is 0 Å². The number of H-pyrrole nitrogens is 1. The number of amides is 1. The van der Waals surface area contributed by atoms with E-state index in [2.05, 4.69) is 15.3 Å². The highest BCUT2D eigenvalue weighted by molar-refractivity contribution is 5.75. The fourth-order valence-electron chi connectivity index (χ4n) is 1.52. The van der Waals surface area contributed by atoms with Gasteiger partial charge in [0.15, 0.2) is 0 Å². The van der Waals surface area contributed by atoms with Gasteiger partial charge >= 0.3 is 5.69 Å². The van der Waals surface area contributed by atoms with E-state index in [1.54, 1.807) is 6.20 Å². The average molecular weight is 263 g/mol. The Balaban J connectivity index is 2.01. The second-order valence-corrected chi connectivity index (χ2v) is 3.98. The third-order valence-corrected chi connectivity index (χ3v) is 2.61. The van der Waals surface area contributed by atoms with Crippen molar-refractivity contribution in [1.82, 2.24) is 24.4 Å². The number of hydrogen-bond donors (Lipinski definition) is 2. The number of imidazole rings is 1. The predicted octanol–water partition coefficient (Wildman–Crippen LogP) is -1.41. The predicted molar refractivity (Wildman–Crippen MR) is 66.4 cm³/mol. The highest BCUT2D eigenvalue weighted by Gasteiger charge is 2.06. The Labute approximate surface area is 107 Å². The summed E-state index contributed by atoms with van der Waals surface area (Å²) in [5.74, 6) is -0.324. The monoisotopic (exact) mass is 263 g/mol. The lowest BCUT2D eigenvalue weighted by atomic mass is 10.4. The molecule has 0 radical (unpaired) electrons. The first-order valence-corrected chi connectivity index (χ1v) is 5.58. The minimum absolute atomic E-state index is 0.138. The van der Waals surface area contributed by atoms with E-state index in [-0.39, 0.29) is 12.5 Å². The van der Waals surface area contributed by atoms with Crippen molar-refractivity contribution in [2.24, 2.45) is 7.05 Å². The molecule has 0 aliphatic carbocycles. The molecule has 0 saturated carbocycles. The van der Waals surface area contributed by atoms with Crippen LogP contribution in [0, 0.1) is 0 Å². The number of aromatic amines is 1. The number of hydrogen-bond acceptors (Lipinski definition) is 4. The van der Waals surface area contributed by atoms with E-state index >= 15 is 0 Å². The maximum Gasteiger partial charge on any atom is 0.331 e. The molecule has 2 rings (SSSR count). The van der Waals surface area contributed by atoms with Crippen LogP contribution in [-0.2, 0) is 24.9 Å². The van der Waals surface area contributed by atoms with Gasteiger partial charge in [0.2, 0.25) is 5.91 Å². The van der Waals surface area contributed by atoms with Crippen molar-refractivity contribution >= 4 is 5.91 Å². The largest absolute Gasteiger partial charge is 0.349 e. The molecule has 100 valence electrons. The summed E-state index contributed by atoms with van der Waals surface area (Å²) >= 11 is 0. The first-order chi connectivity index (χ1) is 9.08. The van der Waals surface area contributed by atoms with Gasteiger partial charge in [-0.25, -0.2) is 9.78 Å². The summed E-state index contributed by atoms with van der Waals surface area (Å²) in [6.07, 6.45) is 4.41. The molecular weight excluding hydrogens is 250 g/mol. The standard InChI is InChI=1S/C11H13N5O3/c1-15-10(18)2-3-16(11(15)19)6-9(17)13-5-8-4-12-7-14-8/h2-4,7H,5-6H2,1H3,(H,12,14)(H,13,17). The molecule has 0 unspecified atom stereocenters. The van der Waals surface area contributed by atoms with E-state index in [4.69, 9.17) is 0 Å². The Morgan fingerprint density at radius 2 is 2.26 bits per heavy atom. The molecule has 8 heteroatoms. The van der Waals surface area contributed by atoms with Crippen LogP contribution in [0.5, 0.6) is 0 Å². The Bertz CT molecular complexity index is 683. The quantitative estimate of drug-likeness (QED) is 0.707. The van der Waals surface area contributed by atoms with E-state index < -0.39 is 11.2 Å². The van der Waals surface area contributed by atoms with Gasteiger partial charge in [-0.05, 0) is 0 Å². The summed E-state index contributed by atoms with van der Waals surface area (Å²) in [6, 6.07) is 1.24. The zero-order chi connectivity index (χ0) is 13.8. The number of nitrogens with one attached hydrogen (secondary N) is 2. The van der Waals surface area contributed by atoms with Crippen molar-refractivity contribution in [2.45, 2.75) is 13.1 Å². The summed E-state index contributed by atoms with van der Waals surface area (Å²) in [6.45, 7) is 0.167. The maximum absolute atomic E-state index is 11.7. The summed E-state index contributed by atoms with van der Waals surface area (Å²) in [5, 5.41) is 2.64. The molecule has 2 N–H and O–H groups in total. The minimum Gasteiger partial charge on any atom is -0.349 e. The number of aromatic nitrogens is 4. The van der Waals surface area contributed by atoms with Crippen molar-refractivity contribution in [1.29, 1.82) is 0 Å². The number of nitrogens with zero attached hydrogens (tertiary/aromatic N) is 3. The van der Waals surface area contributed by atoms with Crippen LogP contribution in [0.25, 0.3) is 0 Å². The van der Waals surface area contributed by atoms with Gasteiger partial charge < -0.3 is 10.3 Å². The third kappa shape index (κ3) is 2.97. The average Bonchev–Trinajstić information content (AvgIpc) is 2.90. The normalized spacial score (nSPS) is 10.4. The van der Waals surface area contributed by atoms with Gasteiger partial charge in [0.05, 0.1) is 18.6 Å². The zero-order valence-corrected chi connectivity index (χ0v) is 10.3. The maximum atomic E-state index is 11.7. The minimum atomic E-state index is -0.524. The highest BCUT2D eigenvalue weighted by atomic mass is 16.2. The van der Waals surface area contributed by atoms with Gasteiger partial charge in [0.1, 0.15) is 6.54 Å². The molecule has 0 saturated heterocycles. The van der Waals surface area contributed by atoms with Crippen LogP contribution in [-0.4, -0.2) is 25.0 Å². The van der Waals surface area contributed by atoms with E-state index in [0.29, 0.717) is 6.54 Å². The first-order valence-electron chi connectivity index (χ1n) is 5.58. The van der Waals surface area contributed by atoms with Gasteiger partial charge in [0, 0.05) is 25.5 Å². The molecule has 0 bridgehead atoms. The molecule has 8 nitrogen and oxygen atoms in total. The first kappa shape index (κ1) is 12.8. The molecule has 2 heterocycles. The lowest BCUT2D eigenvalue weighted by Gasteiger charge is -2.07. The third-order valence-electron chi connectivity index (χ3n) is 2.61. The summed E-state index contributed by atoms with van der Waals surface area (Å²) in [4.78, 5) is 41.2. The molecule has 19 heavy (non-hydrogen) atoms.